The number of benzene rings is 1. The Hall–Kier alpha value is -1.04. The molecule has 2 unspecified atom stereocenters. The van der Waals surface area contributed by atoms with Crippen molar-refractivity contribution in [2.45, 2.75) is 18.5 Å². The normalized spacial score (nSPS) is 21.5. The molecule has 2 N–H and O–H groups in total. The molecule has 0 spiro atoms. The number of halogens is 2. The van der Waals surface area contributed by atoms with Gasteiger partial charge in [0.15, 0.2) is 0 Å². The van der Waals surface area contributed by atoms with Crippen molar-refractivity contribution in [1.82, 2.24) is 4.90 Å². The second kappa shape index (κ2) is 5.73. The molecule has 100 valence electrons. The van der Waals surface area contributed by atoms with Gasteiger partial charge in [0.25, 0.3) is 0 Å². The predicted molar refractivity (Wildman–Crippen MR) is 65.1 cm³/mol. The van der Waals surface area contributed by atoms with E-state index in [0.717, 1.165) is 18.6 Å². The first-order valence-corrected chi connectivity index (χ1v) is 6.08. The maximum absolute atomic E-state index is 13.8. The average molecular weight is 256 g/mol. The Morgan fingerprint density at radius 3 is 2.89 bits per heavy atom. The third-order valence-corrected chi connectivity index (χ3v) is 3.51. The molecule has 3 nitrogen and oxygen atoms in total. The number of rotatable bonds is 4. The first-order chi connectivity index (χ1) is 8.63. The van der Waals surface area contributed by atoms with Crippen LogP contribution in [0.2, 0.25) is 0 Å². The molecule has 0 aliphatic carbocycles. The fraction of sp³-hybridized carbons (Fsp3) is 0.538. The smallest absolute Gasteiger partial charge is 0.128 e. The standard InChI is InChI=1S/C13H18F2N2O/c1-17(10-4-5-18-8-10)13(7-16)11-6-9(14)2-3-12(11)15/h2-3,6,10,13H,4-5,7-8,16H2,1H3. The highest BCUT2D eigenvalue weighted by Gasteiger charge is 2.28. The first kappa shape index (κ1) is 13.4. The van der Waals surface area contributed by atoms with Crippen LogP contribution in [0.4, 0.5) is 8.78 Å². The zero-order valence-electron chi connectivity index (χ0n) is 10.4. The Morgan fingerprint density at radius 2 is 2.28 bits per heavy atom. The van der Waals surface area contributed by atoms with E-state index >= 15 is 0 Å². The minimum Gasteiger partial charge on any atom is -0.380 e. The van der Waals surface area contributed by atoms with Gasteiger partial charge in [-0.3, -0.25) is 4.90 Å². The summed E-state index contributed by atoms with van der Waals surface area (Å²) >= 11 is 0. The molecule has 0 amide bonds. The van der Waals surface area contributed by atoms with Gasteiger partial charge in [-0.15, -0.1) is 0 Å². The third-order valence-electron chi connectivity index (χ3n) is 3.51. The molecule has 2 atom stereocenters. The largest absolute Gasteiger partial charge is 0.380 e. The lowest BCUT2D eigenvalue weighted by Gasteiger charge is -2.32. The lowest BCUT2D eigenvalue weighted by atomic mass is 10.0. The van der Waals surface area contributed by atoms with Crippen LogP contribution in [-0.2, 0) is 4.74 Å². The maximum Gasteiger partial charge on any atom is 0.128 e. The van der Waals surface area contributed by atoms with Crippen molar-refractivity contribution in [3.05, 3.63) is 35.4 Å². The summed E-state index contributed by atoms with van der Waals surface area (Å²) in [5, 5.41) is 0. The molecule has 0 aromatic heterocycles. The van der Waals surface area contributed by atoms with Gasteiger partial charge in [-0.2, -0.15) is 0 Å². The second-order valence-corrected chi connectivity index (χ2v) is 4.60. The van der Waals surface area contributed by atoms with Crippen molar-refractivity contribution in [3.63, 3.8) is 0 Å². The van der Waals surface area contributed by atoms with Crippen LogP contribution >= 0.6 is 0 Å². The summed E-state index contributed by atoms with van der Waals surface area (Å²) in [4.78, 5) is 1.98. The van der Waals surface area contributed by atoms with E-state index in [2.05, 4.69) is 0 Å². The molecule has 1 aliphatic heterocycles. The molecule has 0 saturated carbocycles. The van der Waals surface area contributed by atoms with Gasteiger partial charge in [0.05, 0.1) is 12.6 Å². The number of hydrogen-bond donors (Lipinski definition) is 1. The number of ether oxygens (including phenoxy) is 1. The van der Waals surface area contributed by atoms with Crippen LogP contribution in [0.25, 0.3) is 0 Å². The highest BCUT2D eigenvalue weighted by molar-refractivity contribution is 5.23. The van der Waals surface area contributed by atoms with Crippen LogP contribution in [-0.4, -0.2) is 37.7 Å². The van der Waals surface area contributed by atoms with Gasteiger partial charge in [-0.05, 0) is 31.7 Å². The minimum atomic E-state index is -0.444. The molecular formula is C13H18F2N2O. The molecule has 1 saturated heterocycles. The Morgan fingerprint density at radius 1 is 1.50 bits per heavy atom. The highest BCUT2D eigenvalue weighted by atomic mass is 19.1. The summed E-state index contributed by atoms with van der Waals surface area (Å²) in [6.45, 7) is 1.56. The van der Waals surface area contributed by atoms with Crippen molar-refractivity contribution in [1.29, 1.82) is 0 Å². The van der Waals surface area contributed by atoms with E-state index in [1.54, 1.807) is 0 Å². The van der Waals surface area contributed by atoms with Crippen molar-refractivity contribution in [2.24, 2.45) is 5.73 Å². The van der Waals surface area contributed by atoms with E-state index in [1.165, 1.54) is 6.07 Å². The quantitative estimate of drug-likeness (QED) is 0.891. The van der Waals surface area contributed by atoms with E-state index in [0.29, 0.717) is 18.8 Å². The predicted octanol–water partition coefficient (Wildman–Crippen LogP) is 1.69. The summed E-state index contributed by atoms with van der Waals surface area (Å²) in [5.41, 5.74) is 6.03. The van der Waals surface area contributed by atoms with Gasteiger partial charge in [-0.1, -0.05) is 0 Å². The number of hydrogen-bond acceptors (Lipinski definition) is 3. The average Bonchev–Trinajstić information content (AvgIpc) is 2.88. The fourth-order valence-corrected chi connectivity index (χ4v) is 2.38. The Labute approximate surface area is 106 Å². The van der Waals surface area contributed by atoms with Gasteiger partial charge < -0.3 is 10.5 Å². The first-order valence-electron chi connectivity index (χ1n) is 6.08. The van der Waals surface area contributed by atoms with Gasteiger partial charge in [0.2, 0.25) is 0 Å². The van der Waals surface area contributed by atoms with E-state index < -0.39 is 11.6 Å². The van der Waals surface area contributed by atoms with E-state index in [1.807, 2.05) is 11.9 Å². The van der Waals surface area contributed by atoms with Gasteiger partial charge in [0, 0.05) is 24.8 Å². The summed E-state index contributed by atoms with van der Waals surface area (Å²) in [7, 11) is 1.88. The SMILES string of the molecule is CN(C1CCOC1)C(CN)c1cc(F)ccc1F. The van der Waals surface area contributed by atoms with E-state index in [9.17, 15) is 8.78 Å². The molecule has 0 bridgehead atoms. The van der Waals surface area contributed by atoms with Crippen molar-refractivity contribution < 1.29 is 13.5 Å². The zero-order chi connectivity index (χ0) is 13.1. The van der Waals surface area contributed by atoms with Crippen LogP contribution in [0, 0.1) is 11.6 Å². The number of nitrogens with two attached hydrogens (primary N) is 1. The Bertz CT molecular complexity index is 408. The van der Waals surface area contributed by atoms with Crippen molar-refractivity contribution in [2.75, 3.05) is 26.8 Å². The van der Waals surface area contributed by atoms with Gasteiger partial charge in [0.1, 0.15) is 11.6 Å². The molecular weight excluding hydrogens is 238 g/mol. The van der Waals surface area contributed by atoms with Crippen LogP contribution in [0.3, 0.4) is 0 Å². The molecule has 1 heterocycles. The van der Waals surface area contributed by atoms with Crippen LogP contribution < -0.4 is 5.73 Å². The summed E-state index contributed by atoms with van der Waals surface area (Å²) in [6.07, 6.45) is 0.893. The second-order valence-electron chi connectivity index (χ2n) is 4.60. The van der Waals surface area contributed by atoms with Gasteiger partial charge in [-0.25, -0.2) is 8.78 Å². The molecule has 0 radical (unpaired) electrons. The Balaban J connectivity index is 2.23. The van der Waals surface area contributed by atoms with Gasteiger partial charge >= 0.3 is 0 Å². The molecule has 18 heavy (non-hydrogen) atoms. The van der Waals surface area contributed by atoms with Crippen LogP contribution in [0.15, 0.2) is 18.2 Å². The van der Waals surface area contributed by atoms with Crippen LogP contribution in [0.1, 0.15) is 18.0 Å². The molecule has 1 aliphatic rings. The maximum atomic E-state index is 13.8. The minimum absolute atomic E-state index is 0.209. The highest BCUT2D eigenvalue weighted by Crippen LogP contribution is 2.26. The van der Waals surface area contributed by atoms with Crippen molar-refractivity contribution >= 4 is 0 Å². The molecule has 1 fully saturated rings. The van der Waals surface area contributed by atoms with Crippen molar-refractivity contribution in [3.8, 4) is 0 Å². The fourth-order valence-electron chi connectivity index (χ4n) is 2.38. The number of nitrogens with zero attached hydrogens (tertiary/aromatic N) is 1. The molecule has 5 heteroatoms. The molecule has 1 aromatic rings. The monoisotopic (exact) mass is 256 g/mol. The summed E-state index contributed by atoms with van der Waals surface area (Å²) in [5.74, 6) is -0.862. The van der Waals surface area contributed by atoms with Crippen LogP contribution in [0.5, 0.6) is 0 Å². The third kappa shape index (κ3) is 2.68. The summed E-state index contributed by atoms with van der Waals surface area (Å²) < 4.78 is 32.3. The lowest BCUT2D eigenvalue weighted by molar-refractivity contribution is 0.133. The van der Waals surface area contributed by atoms with E-state index in [4.69, 9.17) is 10.5 Å². The lowest BCUT2D eigenvalue weighted by Crippen LogP contribution is -2.39. The molecule has 2 rings (SSSR count). The Kier molecular flexibility index (Phi) is 4.27. The topological polar surface area (TPSA) is 38.5 Å². The van der Waals surface area contributed by atoms with E-state index in [-0.39, 0.29) is 18.6 Å². The number of likely N-dealkylation sites (N-methyl/N-ethyl adjacent to an activating group) is 1. The summed E-state index contributed by atoms with van der Waals surface area (Å²) in [6, 6.07) is 3.37. The molecule has 1 aromatic carbocycles. The zero-order valence-corrected chi connectivity index (χ0v) is 10.4.